The first kappa shape index (κ1) is 11.4. The van der Waals surface area contributed by atoms with Crippen LogP contribution in [0.5, 0.6) is 0 Å². The maximum Gasteiger partial charge on any atom is 0.131 e. The molecule has 0 rings (SSSR count). The van der Waals surface area contributed by atoms with E-state index in [9.17, 15) is 0 Å². The normalized spacial score (nSPS) is 7.00. The Bertz CT molecular complexity index is 84.1. The van der Waals surface area contributed by atoms with Crippen molar-refractivity contribution in [3.8, 4) is 0 Å². The average molecular weight is 199 g/mol. The summed E-state index contributed by atoms with van der Waals surface area (Å²) in [6, 6.07) is 0. The van der Waals surface area contributed by atoms with E-state index in [1.807, 2.05) is 0 Å². The molecule has 0 bridgehead atoms. The Morgan fingerprint density at radius 2 is 2.38 bits per heavy atom. The first-order valence-electron chi connectivity index (χ1n) is 1.80. The largest absolute Gasteiger partial charge is 0.385 e. The molecule has 0 aromatic carbocycles. The first-order valence-corrected chi connectivity index (χ1v) is 3.20. The van der Waals surface area contributed by atoms with Gasteiger partial charge >= 0.3 is 0 Å². The van der Waals surface area contributed by atoms with E-state index in [4.69, 9.17) is 5.73 Å². The number of thiocarbonyl (C=S) groups is 1. The standard InChI is InChI=1S/C4H7NS2.Zn/c1-2-3-7-4(5)6;/h2H,1,3H2,(H2,5,6);. The molecule has 0 spiro atoms. The van der Waals surface area contributed by atoms with Crippen molar-refractivity contribution >= 4 is 28.3 Å². The van der Waals surface area contributed by atoms with Gasteiger partial charge in [-0.05, 0) is 0 Å². The van der Waals surface area contributed by atoms with Crippen LogP contribution in [0.1, 0.15) is 0 Å². The molecule has 0 radical (unpaired) electrons. The van der Waals surface area contributed by atoms with E-state index in [2.05, 4.69) is 18.8 Å². The van der Waals surface area contributed by atoms with E-state index < -0.39 is 0 Å². The van der Waals surface area contributed by atoms with Crippen LogP contribution in [-0.2, 0) is 19.5 Å². The summed E-state index contributed by atoms with van der Waals surface area (Å²) < 4.78 is 0.486. The van der Waals surface area contributed by atoms with Gasteiger partial charge in [-0.1, -0.05) is 30.1 Å². The molecule has 0 saturated carbocycles. The average Bonchev–Trinajstić information content (AvgIpc) is 1.61. The fraction of sp³-hybridized carbons (Fsp3) is 0.250. The number of nitrogens with two attached hydrogens (primary N) is 1. The predicted molar refractivity (Wildman–Crippen MR) is 39.4 cm³/mol. The van der Waals surface area contributed by atoms with Gasteiger partial charge in [-0.2, -0.15) is 0 Å². The zero-order valence-corrected chi connectivity index (χ0v) is 9.19. The fourth-order valence-corrected chi connectivity index (χ4v) is 0.627. The molecule has 0 aromatic heterocycles. The van der Waals surface area contributed by atoms with Crippen LogP contribution in [0, 0.1) is 0 Å². The minimum Gasteiger partial charge on any atom is -0.385 e. The molecule has 0 aliphatic heterocycles. The third-order valence-electron chi connectivity index (χ3n) is 0.343. The SMILES string of the molecule is C=CCSC(N)=S.[Zn]. The minimum absolute atomic E-state index is 0. The molecular weight excluding hydrogens is 192 g/mol. The Morgan fingerprint density at radius 1 is 1.88 bits per heavy atom. The maximum absolute atomic E-state index is 5.13. The molecule has 42 valence electrons. The number of hydrogen-bond acceptors (Lipinski definition) is 2. The van der Waals surface area contributed by atoms with E-state index >= 15 is 0 Å². The van der Waals surface area contributed by atoms with Crippen LogP contribution in [0.15, 0.2) is 12.7 Å². The van der Waals surface area contributed by atoms with Crippen LogP contribution >= 0.6 is 24.0 Å². The quantitative estimate of drug-likeness (QED) is 0.410. The summed E-state index contributed by atoms with van der Waals surface area (Å²) in [6.45, 7) is 3.50. The number of thioether (sulfide) groups is 1. The van der Waals surface area contributed by atoms with Crippen LogP contribution < -0.4 is 5.73 Å². The molecule has 4 heteroatoms. The van der Waals surface area contributed by atoms with Crippen molar-refractivity contribution in [2.45, 2.75) is 0 Å². The zero-order valence-electron chi connectivity index (χ0n) is 4.59. The van der Waals surface area contributed by atoms with Crippen LogP contribution in [0.2, 0.25) is 0 Å². The molecule has 2 N–H and O–H groups in total. The van der Waals surface area contributed by atoms with Crippen molar-refractivity contribution in [3.63, 3.8) is 0 Å². The van der Waals surface area contributed by atoms with Crippen LogP contribution in [0.25, 0.3) is 0 Å². The summed E-state index contributed by atoms with van der Waals surface area (Å²) in [7, 11) is 0. The van der Waals surface area contributed by atoms with Gasteiger partial charge in [0.25, 0.3) is 0 Å². The number of hydrogen-bond donors (Lipinski definition) is 1. The molecule has 0 unspecified atom stereocenters. The van der Waals surface area contributed by atoms with Gasteiger partial charge in [-0.15, -0.1) is 6.58 Å². The van der Waals surface area contributed by atoms with Crippen LogP contribution in [-0.4, -0.2) is 10.1 Å². The molecule has 0 aromatic rings. The van der Waals surface area contributed by atoms with Gasteiger partial charge in [0.15, 0.2) is 0 Å². The third kappa shape index (κ3) is 9.78. The fourth-order valence-electron chi connectivity index (χ4n) is 0.141. The molecule has 0 aliphatic carbocycles. The first-order chi connectivity index (χ1) is 3.27. The zero-order chi connectivity index (χ0) is 5.70. The molecule has 0 fully saturated rings. The summed E-state index contributed by atoms with van der Waals surface area (Å²) in [5.74, 6) is 0.815. The van der Waals surface area contributed by atoms with Gasteiger partial charge in [-0.25, -0.2) is 0 Å². The Kier molecular flexibility index (Phi) is 10.8. The van der Waals surface area contributed by atoms with Gasteiger partial charge in [0.1, 0.15) is 4.32 Å². The second-order valence-electron chi connectivity index (χ2n) is 0.919. The Balaban J connectivity index is 0. The second-order valence-corrected chi connectivity index (χ2v) is 2.68. The topological polar surface area (TPSA) is 26.0 Å². The van der Waals surface area contributed by atoms with Gasteiger partial charge in [-0.3, -0.25) is 0 Å². The van der Waals surface area contributed by atoms with Gasteiger partial charge in [0, 0.05) is 25.2 Å². The monoisotopic (exact) mass is 197 g/mol. The summed E-state index contributed by atoms with van der Waals surface area (Å²) in [5, 5.41) is 0. The Hall–Kier alpha value is 0.603. The van der Waals surface area contributed by atoms with Crippen LogP contribution in [0.3, 0.4) is 0 Å². The maximum atomic E-state index is 5.13. The summed E-state index contributed by atoms with van der Waals surface area (Å²) >= 11 is 5.98. The molecule has 0 atom stereocenters. The third-order valence-corrected chi connectivity index (χ3v) is 1.38. The molecule has 0 aliphatic rings. The summed E-state index contributed by atoms with van der Waals surface area (Å²) in [4.78, 5) is 0. The predicted octanol–water partition coefficient (Wildman–Crippen LogP) is 1.15. The van der Waals surface area contributed by atoms with Crippen molar-refractivity contribution in [3.05, 3.63) is 12.7 Å². The van der Waals surface area contributed by atoms with E-state index in [-0.39, 0.29) is 19.5 Å². The molecule has 8 heavy (non-hydrogen) atoms. The van der Waals surface area contributed by atoms with Crippen molar-refractivity contribution in [2.24, 2.45) is 5.73 Å². The number of rotatable bonds is 2. The van der Waals surface area contributed by atoms with E-state index in [1.54, 1.807) is 6.08 Å². The summed E-state index contributed by atoms with van der Waals surface area (Å²) in [6.07, 6.45) is 1.77. The van der Waals surface area contributed by atoms with Crippen molar-refractivity contribution in [2.75, 3.05) is 5.75 Å². The molecular formula is C4H7NS2Zn. The smallest absolute Gasteiger partial charge is 0.131 e. The summed E-state index contributed by atoms with van der Waals surface area (Å²) in [5.41, 5.74) is 5.13. The molecule has 0 saturated heterocycles. The van der Waals surface area contributed by atoms with Gasteiger partial charge in [0.2, 0.25) is 0 Å². The van der Waals surface area contributed by atoms with E-state index in [0.717, 1.165) is 5.75 Å². The minimum atomic E-state index is 0. The Morgan fingerprint density at radius 3 is 2.50 bits per heavy atom. The van der Waals surface area contributed by atoms with Gasteiger partial charge in [0.05, 0.1) is 0 Å². The van der Waals surface area contributed by atoms with Crippen molar-refractivity contribution in [1.82, 2.24) is 0 Å². The second kappa shape index (κ2) is 7.60. The molecule has 0 heterocycles. The van der Waals surface area contributed by atoms with Crippen molar-refractivity contribution < 1.29 is 19.5 Å². The van der Waals surface area contributed by atoms with Gasteiger partial charge < -0.3 is 5.73 Å². The van der Waals surface area contributed by atoms with E-state index in [0.29, 0.717) is 4.32 Å². The van der Waals surface area contributed by atoms with Crippen LogP contribution in [0.4, 0.5) is 0 Å². The van der Waals surface area contributed by atoms with E-state index in [1.165, 1.54) is 11.8 Å². The Labute approximate surface area is 71.8 Å². The molecule has 0 amide bonds. The molecule has 1 nitrogen and oxygen atoms in total. The van der Waals surface area contributed by atoms with Crippen molar-refractivity contribution in [1.29, 1.82) is 0 Å².